The lowest BCUT2D eigenvalue weighted by Crippen LogP contribution is -2.46. The second kappa shape index (κ2) is 5.74. The Morgan fingerprint density at radius 3 is 2.74 bits per heavy atom. The minimum atomic E-state index is 0.637. The Balaban J connectivity index is 1.46. The summed E-state index contributed by atoms with van der Waals surface area (Å²) in [6.07, 6.45) is 5.48. The van der Waals surface area contributed by atoms with Crippen molar-refractivity contribution in [3.63, 3.8) is 0 Å². The summed E-state index contributed by atoms with van der Waals surface area (Å²) in [6.45, 7) is 6.66. The summed E-state index contributed by atoms with van der Waals surface area (Å²) >= 11 is 1.56. The molecule has 1 saturated heterocycles. The number of hydrogen-bond acceptors (Lipinski definition) is 8. The third-order valence-corrected chi connectivity index (χ3v) is 4.79. The van der Waals surface area contributed by atoms with Gasteiger partial charge in [-0.3, -0.25) is 9.88 Å². The van der Waals surface area contributed by atoms with Crippen LogP contribution in [0, 0.1) is 6.92 Å². The van der Waals surface area contributed by atoms with Gasteiger partial charge in [0, 0.05) is 43.8 Å². The van der Waals surface area contributed by atoms with Crippen molar-refractivity contribution in [2.24, 2.45) is 0 Å². The van der Waals surface area contributed by atoms with E-state index in [0.29, 0.717) is 5.13 Å². The van der Waals surface area contributed by atoms with Crippen LogP contribution in [0.1, 0.15) is 10.7 Å². The van der Waals surface area contributed by atoms with Crippen LogP contribution >= 0.6 is 11.3 Å². The SMILES string of the molecule is Cc1nc2cncc(N3CCN(Cc4cnc(N)s4)CC3)n2n1. The molecule has 0 atom stereocenters. The van der Waals surface area contributed by atoms with E-state index in [0.717, 1.165) is 50.0 Å². The van der Waals surface area contributed by atoms with Crippen molar-refractivity contribution in [3.8, 4) is 0 Å². The maximum atomic E-state index is 5.69. The number of fused-ring (bicyclic) bond motifs is 1. The number of aryl methyl sites for hydroxylation is 1. The molecule has 1 aliphatic heterocycles. The monoisotopic (exact) mass is 330 g/mol. The van der Waals surface area contributed by atoms with Gasteiger partial charge in [0.2, 0.25) is 0 Å². The van der Waals surface area contributed by atoms with Crippen molar-refractivity contribution in [2.45, 2.75) is 13.5 Å². The first kappa shape index (κ1) is 14.3. The number of nitrogens with zero attached hydrogens (tertiary/aromatic N) is 7. The average molecular weight is 330 g/mol. The van der Waals surface area contributed by atoms with Gasteiger partial charge in [-0.05, 0) is 6.92 Å². The molecule has 0 radical (unpaired) electrons. The van der Waals surface area contributed by atoms with E-state index in [-0.39, 0.29) is 0 Å². The smallest absolute Gasteiger partial charge is 0.180 e. The van der Waals surface area contributed by atoms with Crippen LogP contribution in [0.5, 0.6) is 0 Å². The molecule has 120 valence electrons. The lowest BCUT2D eigenvalue weighted by molar-refractivity contribution is 0.251. The zero-order chi connectivity index (χ0) is 15.8. The van der Waals surface area contributed by atoms with Crippen molar-refractivity contribution in [1.82, 2.24) is 29.5 Å². The molecule has 1 aliphatic rings. The minimum absolute atomic E-state index is 0.637. The molecule has 3 aromatic heterocycles. The number of rotatable bonds is 3. The molecule has 0 amide bonds. The molecule has 9 heteroatoms. The van der Waals surface area contributed by atoms with Gasteiger partial charge in [-0.1, -0.05) is 0 Å². The highest BCUT2D eigenvalue weighted by Crippen LogP contribution is 2.20. The normalized spacial score (nSPS) is 16.3. The van der Waals surface area contributed by atoms with Gasteiger partial charge in [0.1, 0.15) is 5.82 Å². The van der Waals surface area contributed by atoms with E-state index in [1.54, 1.807) is 17.5 Å². The predicted octanol–water partition coefficient (Wildman–Crippen LogP) is 0.794. The second-order valence-electron chi connectivity index (χ2n) is 5.62. The van der Waals surface area contributed by atoms with Crippen LogP contribution in [0.4, 0.5) is 10.9 Å². The Hall–Kier alpha value is -2.26. The third-order valence-electron chi connectivity index (χ3n) is 3.98. The molecule has 0 unspecified atom stereocenters. The van der Waals surface area contributed by atoms with E-state index in [4.69, 9.17) is 5.73 Å². The molecule has 4 rings (SSSR count). The Morgan fingerprint density at radius 1 is 1.17 bits per heavy atom. The number of nitrogen functional groups attached to an aromatic ring is 1. The maximum Gasteiger partial charge on any atom is 0.180 e. The molecule has 8 nitrogen and oxygen atoms in total. The molecule has 23 heavy (non-hydrogen) atoms. The van der Waals surface area contributed by atoms with E-state index < -0.39 is 0 Å². The summed E-state index contributed by atoms with van der Waals surface area (Å²) in [6, 6.07) is 0. The molecule has 0 bridgehead atoms. The molecule has 0 aliphatic carbocycles. The summed E-state index contributed by atoms with van der Waals surface area (Å²) in [5.74, 6) is 1.77. The number of thiazole rings is 1. The van der Waals surface area contributed by atoms with Crippen LogP contribution in [0.25, 0.3) is 5.65 Å². The van der Waals surface area contributed by atoms with E-state index in [1.807, 2.05) is 23.8 Å². The topological polar surface area (TPSA) is 88.5 Å². The van der Waals surface area contributed by atoms with Crippen LogP contribution in [-0.2, 0) is 6.54 Å². The quantitative estimate of drug-likeness (QED) is 0.759. The van der Waals surface area contributed by atoms with E-state index in [2.05, 4.69) is 29.9 Å². The number of anilines is 2. The molecule has 2 N–H and O–H groups in total. The largest absolute Gasteiger partial charge is 0.375 e. The Morgan fingerprint density at radius 2 is 2.00 bits per heavy atom. The highest BCUT2D eigenvalue weighted by atomic mass is 32.1. The Bertz CT molecular complexity index is 817. The summed E-state index contributed by atoms with van der Waals surface area (Å²) in [5.41, 5.74) is 6.49. The molecule has 0 saturated carbocycles. The summed E-state index contributed by atoms with van der Waals surface area (Å²) in [7, 11) is 0. The standard InChI is InChI=1S/C14H18N8S/c1-10-18-12-7-16-8-13(22(12)19-10)21-4-2-20(3-5-21)9-11-6-17-14(15)23-11/h6-8H,2-5,9H2,1H3,(H2,15,17). The molecule has 3 aromatic rings. The van der Waals surface area contributed by atoms with Gasteiger partial charge < -0.3 is 10.6 Å². The number of nitrogens with two attached hydrogens (primary N) is 1. The first-order valence-corrected chi connectivity index (χ1v) is 8.35. The first-order chi connectivity index (χ1) is 11.2. The summed E-state index contributed by atoms with van der Waals surface area (Å²) < 4.78 is 1.88. The van der Waals surface area contributed by atoms with E-state index in [9.17, 15) is 0 Å². The lowest BCUT2D eigenvalue weighted by atomic mass is 10.3. The molecule has 0 spiro atoms. The Labute approximate surface area is 137 Å². The van der Waals surface area contributed by atoms with Crippen LogP contribution in [0.3, 0.4) is 0 Å². The predicted molar refractivity (Wildman–Crippen MR) is 89.5 cm³/mol. The van der Waals surface area contributed by atoms with Gasteiger partial charge in [0.05, 0.1) is 12.4 Å². The van der Waals surface area contributed by atoms with Gasteiger partial charge in [0.25, 0.3) is 0 Å². The Kier molecular flexibility index (Phi) is 3.58. The fraction of sp³-hybridized carbons (Fsp3) is 0.429. The lowest BCUT2D eigenvalue weighted by Gasteiger charge is -2.35. The first-order valence-electron chi connectivity index (χ1n) is 7.54. The fourth-order valence-corrected chi connectivity index (χ4v) is 3.60. The number of hydrogen-bond donors (Lipinski definition) is 1. The van der Waals surface area contributed by atoms with E-state index in [1.165, 1.54) is 4.88 Å². The van der Waals surface area contributed by atoms with Gasteiger partial charge in [-0.15, -0.1) is 16.4 Å². The average Bonchev–Trinajstić information content (AvgIpc) is 3.12. The summed E-state index contributed by atoms with van der Waals surface area (Å²) in [5, 5.41) is 5.10. The van der Waals surface area contributed by atoms with Gasteiger partial charge in [-0.2, -0.15) is 4.52 Å². The highest BCUT2D eigenvalue weighted by Gasteiger charge is 2.20. The maximum absolute atomic E-state index is 5.69. The number of piperazine rings is 1. The van der Waals surface area contributed by atoms with Crippen molar-refractivity contribution in [3.05, 3.63) is 29.3 Å². The van der Waals surface area contributed by atoms with Crippen molar-refractivity contribution >= 4 is 27.9 Å². The van der Waals surface area contributed by atoms with Gasteiger partial charge in [-0.25, -0.2) is 9.97 Å². The van der Waals surface area contributed by atoms with E-state index >= 15 is 0 Å². The fourth-order valence-electron chi connectivity index (χ4n) is 2.88. The van der Waals surface area contributed by atoms with Crippen molar-refractivity contribution < 1.29 is 0 Å². The second-order valence-corrected chi connectivity index (χ2v) is 6.77. The van der Waals surface area contributed by atoms with Crippen LogP contribution < -0.4 is 10.6 Å². The molecule has 0 aromatic carbocycles. The van der Waals surface area contributed by atoms with Crippen molar-refractivity contribution in [2.75, 3.05) is 36.8 Å². The zero-order valence-electron chi connectivity index (χ0n) is 12.9. The van der Waals surface area contributed by atoms with Crippen molar-refractivity contribution in [1.29, 1.82) is 0 Å². The molecule has 1 fully saturated rings. The van der Waals surface area contributed by atoms with Crippen LogP contribution in [0.2, 0.25) is 0 Å². The highest BCUT2D eigenvalue weighted by molar-refractivity contribution is 7.15. The number of aromatic nitrogens is 5. The summed E-state index contributed by atoms with van der Waals surface area (Å²) in [4.78, 5) is 18.7. The zero-order valence-corrected chi connectivity index (χ0v) is 13.7. The minimum Gasteiger partial charge on any atom is -0.375 e. The molecular formula is C14H18N8S. The molecule has 4 heterocycles. The van der Waals surface area contributed by atoms with Crippen LogP contribution in [-0.4, -0.2) is 55.6 Å². The van der Waals surface area contributed by atoms with Gasteiger partial charge >= 0.3 is 0 Å². The molecular weight excluding hydrogens is 312 g/mol. The third kappa shape index (κ3) is 2.84. The van der Waals surface area contributed by atoms with Crippen LogP contribution in [0.15, 0.2) is 18.6 Å². The van der Waals surface area contributed by atoms with Gasteiger partial charge in [0.15, 0.2) is 16.6 Å².